The van der Waals surface area contributed by atoms with Gasteiger partial charge in [0.05, 0.1) is 11.4 Å². The average molecular weight is 263 g/mol. The lowest BCUT2D eigenvalue weighted by Crippen LogP contribution is -1.94. The normalized spacial score (nSPS) is 10.3. The highest BCUT2D eigenvalue weighted by atomic mass is 79.9. The average Bonchev–Trinajstić information content (AvgIpc) is 2.20. The summed E-state index contributed by atoms with van der Waals surface area (Å²) in [6.07, 6.45) is 1.83. The third kappa shape index (κ3) is 2.18. The smallest absolute Gasteiger partial charge is 0.0931 e. The highest BCUT2D eigenvalue weighted by molar-refractivity contribution is 9.10. The van der Waals surface area contributed by atoms with E-state index in [0.29, 0.717) is 0 Å². The Morgan fingerprint density at radius 3 is 2.47 bits per heavy atom. The van der Waals surface area contributed by atoms with E-state index in [0.717, 1.165) is 27.0 Å². The monoisotopic (exact) mass is 262 g/mol. The molecule has 0 aliphatic carbocycles. The van der Waals surface area contributed by atoms with Gasteiger partial charge in [0.25, 0.3) is 0 Å². The quantitative estimate of drug-likeness (QED) is 0.856. The largest absolute Gasteiger partial charge is 0.397 e. The predicted octanol–water partition coefficient (Wildman–Crippen LogP) is 3.40. The van der Waals surface area contributed by atoms with Gasteiger partial charge in [-0.2, -0.15) is 0 Å². The van der Waals surface area contributed by atoms with Crippen molar-refractivity contribution in [2.24, 2.45) is 0 Å². The van der Waals surface area contributed by atoms with Crippen LogP contribution in [0, 0.1) is 6.92 Å². The van der Waals surface area contributed by atoms with Gasteiger partial charge in [-0.1, -0.05) is 28.1 Å². The van der Waals surface area contributed by atoms with Crippen molar-refractivity contribution in [3.05, 3.63) is 46.6 Å². The molecule has 15 heavy (non-hydrogen) atoms. The molecule has 2 N–H and O–H groups in total. The van der Waals surface area contributed by atoms with Crippen LogP contribution in [0.3, 0.4) is 0 Å². The van der Waals surface area contributed by atoms with Gasteiger partial charge in [0, 0.05) is 16.2 Å². The van der Waals surface area contributed by atoms with Gasteiger partial charge in [-0.3, -0.25) is 4.98 Å². The summed E-state index contributed by atoms with van der Waals surface area (Å²) in [5.74, 6) is 0. The van der Waals surface area contributed by atoms with Gasteiger partial charge in [-0.25, -0.2) is 0 Å². The number of nitrogens with zero attached hydrogens (tertiary/aromatic N) is 1. The number of aromatic nitrogens is 1. The number of halogens is 1. The van der Waals surface area contributed by atoms with Gasteiger partial charge in [-0.05, 0) is 30.7 Å². The van der Waals surface area contributed by atoms with Crippen molar-refractivity contribution in [1.82, 2.24) is 4.98 Å². The molecule has 0 aliphatic heterocycles. The molecule has 1 aromatic heterocycles. The van der Waals surface area contributed by atoms with E-state index in [9.17, 15) is 0 Å². The molecule has 0 atom stereocenters. The van der Waals surface area contributed by atoms with Crippen molar-refractivity contribution in [2.45, 2.75) is 6.92 Å². The highest BCUT2D eigenvalue weighted by Gasteiger charge is 2.03. The fourth-order valence-corrected chi connectivity index (χ4v) is 1.71. The van der Waals surface area contributed by atoms with Gasteiger partial charge < -0.3 is 5.73 Å². The maximum Gasteiger partial charge on any atom is 0.0931 e. The van der Waals surface area contributed by atoms with Crippen molar-refractivity contribution in [2.75, 3.05) is 5.73 Å². The third-order valence-corrected chi connectivity index (χ3v) is 2.70. The van der Waals surface area contributed by atoms with Crippen LogP contribution >= 0.6 is 15.9 Å². The molecular weight excluding hydrogens is 252 g/mol. The van der Waals surface area contributed by atoms with Crippen LogP contribution in [0.1, 0.15) is 5.56 Å². The molecule has 76 valence electrons. The number of rotatable bonds is 1. The lowest BCUT2D eigenvalue weighted by Gasteiger charge is -2.05. The van der Waals surface area contributed by atoms with E-state index >= 15 is 0 Å². The SMILES string of the molecule is Cc1cnc(-c2ccc(Br)cc2)c(N)c1. The van der Waals surface area contributed by atoms with E-state index in [1.807, 2.05) is 43.5 Å². The number of anilines is 1. The van der Waals surface area contributed by atoms with Gasteiger partial charge in [0.2, 0.25) is 0 Å². The molecule has 2 nitrogen and oxygen atoms in total. The Hall–Kier alpha value is -1.35. The summed E-state index contributed by atoms with van der Waals surface area (Å²) in [5.41, 5.74) is 9.59. The number of hydrogen-bond acceptors (Lipinski definition) is 2. The third-order valence-electron chi connectivity index (χ3n) is 2.17. The van der Waals surface area contributed by atoms with E-state index in [1.54, 1.807) is 0 Å². The molecule has 1 heterocycles. The Labute approximate surface area is 97.3 Å². The number of pyridine rings is 1. The molecule has 3 heteroatoms. The van der Waals surface area contributed by atoms with E-state index in [2.05, 4.69) is 20.9 Å². The van der Waals surface area contributed by atoms with Crippen LogP contribution in [0.5, 0.6) is 0 Å². The predicted molar refractivity (Wildman–Crippen MR) is 66.5 cm³/mol. The first-order chi connectivity index (χ1) is 7.16. The number of nitrogen functional groups attached to an aromatic ring is 1. The molecular formula is C12H11BrN2. The molecule has 1 aromatic carbocycles. The van der Waals surface area contributed by atoms with E-state index in [-0.39, 0.29) is 0 Å². The van der Waals surface area contributed by atoms with Gasteiger partial charge >= 0.3 is 0 Å². The second-order valence-corrected chi connectivity index (χ2v) is 4.37. The first kappa shape index (κ1) is 10.2. The Morgan fingerprint density at radius 2 is 1.87 bits per heavy atom. The minimum Gasteiger partial charge on any atom is -0.397 e. The van der Waals surface area contributed by atoms with Crippen molar-refractivity contribution in [3.63, 3.8) is 0 Å². The molecule has 0 unspecified atom stereocenters. The zero-order valence-corrected chi connectivity index (χ0v) is 9.95. The molecule has 0 spiro atoms. The van der Waals surface area contributed by atoms with Crippen LogP contribution in [0.25, 0.3) is 11.3 Å². The zero-order chi connectivity index (χ0) is 10.8. The standard InChI is InChI=1S/C12H11BrN2/c1-8-6-11(14)12(15-7-8)9-2-4-10(13)5-3-9/h2-7H,14H2,1H3. The molecule has 0 fully saturated rings. The van der Waals surface area contributed by atoms with Crippen LogP contribution in [-0.4, -0.2) is 4.98 Å². The number of nitrogens with two attached hydrogens (primary N) is 1. The summed E-state index contributed by atoms with van der Waals surface area (Å²) in [6, 6.07) is 9.90. The van der Waals surface area contributed by atoms with Gasteiger partial charge in [0.15, 0.2) is 0 Å². The summed E-state index contributed by atoms with van der Waals surface area (Å²) < 4.78 is 1.05. The molecule has 2 aromatic rings. The lowest BCUT2D eigenvalue weighted by atomic mass is 10.1. The van der Waals surface area contributed by atoms with Gasteiger partial charge in [0.1, 0.15) is 0 Å². The van der Waals surface area contributed by atoms with Crippen LogP contribution in [0.4, 0.5) is 5.69 Å². The first-order valence-electron chi connectivity index (χ1n) is 4.65. The van der Waals surface area contributed by atoms with Crippen molar-refractivity contribution in [3.8, 4) is 11.3 Å². The number of benzene rings is 1. The molecule has 0 radical (unpaired) electrons. The second kappa shape index (κ2) is 4.03. The van der Waals surface area contributed by atoms with Crippen LogP contribution in [-0.2, 0) is 0 Å². The molecule has 0 amide bonds. The molecule has 0 aliphatic rings. The maximum absolute atomic E-state index is 5.92. The summed E-state index contributed by atoms with van der Waals surface area (Å²) in [7, 11) is 0. The van der Waals surface area contributed by atoms with Crippen LogP contribution in [0.2, 0.25) is 0 Å². The minimum atomic E-state index is 0.720. The van der Waals surface area contributed by atoms with Crippen LogP contribution < -0.4 is 5.73 Å². The fourth-order valence-electron chi connectivity index (χ4n) is 1.44. The fraction of sp³-hybridized carbons (Fsp3) is 0.0833. The summed E-state index contributed by atoms with van der Waals surface area (Å²) in [6.45, 7) is 1.98. The Balaban J connectivity index is 2.49. The van der Waals surface area contributed by atoms with E-state index in [4.69, 9.17) is 5.73 Å². The Morgan fingerprint density at radius 1 is 1.20 bits per heavy atom. The first-order valence-corrected chi connectivity index (χ1v) is 5.44. The van der Waals surface area contributed by atoms with Crippen molar-refractivity contribution < 1.29 is 0 Å². The highest BCUT2D eigenvalue weighted by Crippen LogP contribution is 2.25. The zero-order valence-electron chi connectivity index (χ0n) is 8.37. The number of hydrogen-bond donors (Lipinski definition) is 1. The topological polar surface area (TPSA) is 38.9 Å². The molecule has 0 saturated carbocycles. The van der Waals surface area contributed by atoms with Crippen molar-refractivity contribution >= 4 is 21.6 Å². The summed E-state index contributed by atoms with van der Waals surface area (Å²) in [4.78, 5) is 4.34. The van der Waals surface area contributed by atoms with E-state index < -0.39 is 0 Å². The summed E-state index contributed by atoms with van der Waals surface area (Å²) in [5, 5.41) is 0. The van der Waals surface area contributed by atoms with Gasteiger partial charge in [-0.15, -0.1) is 0 Å². The van der Waals surface area contributed by atoms with Crippen LogP contribution in [0.15, 0.2) is 41.0 Å². The molecule has 2 rings (SSSR count). The summed E-state index contributed by atoms with van der Waals surface area (Å²) >= 11 is 3.40. The molecule has 0 saturated heterocycles. The Bertz CT molecular complexity index is 477. The number of aryl methyl sites for hydroxylation is 1. The van der Waals surface area contributed by atoms with E-state index in [1.165, 1.54) is 0 Å². The van der Waals surface area contributed by atoms with Crippen molar-refractivity contribution in [1.29, 1.82) is 0 Å². The molecule has 0 bridgehead atoms. The maximum atomic E-state index is 5.92. The Kier molecular flexibility index (Phi) is 2.73. The second-order valence-electron chi connectivity index (χ2n) is 3.46. The minimum absolute atomic E-state index is 0.720. The lowest BCUT2D eigenvalue weighted by molar-refractivity contribution is 1.27.